The number of aromatic nitrogens is 2. The van der Waals surface area contributed by atoms with Crippen LogP contribution in [0.4, 0.5) is 0 Å². The molecule has 0 radical (unpaired) electrons. The molecule has 0 spiro atoms. The average molecular weight is 395 g/mol. The maximum atomic E-state index is 12.2. The molecule has 1 aromatic heterocycles. The topological polar surface area (TPSA) is 72.9 Å². The maximum Gasteiger partial charge on any atom is 0.237 e. The van der Waals surface area contributed by atoms with E-state index in [1.165, 1.54) is 0 Å². The van der Waals surface area contributed by atoms with Crippen molar-refractivity contribution in [3.8, 4) is 0 Å². The van der Waals surface area contributed by atoms with Gasteiger partial charge in [-0.25, -0.2) is 4.98 Å². The summed E-state index contributed by atoms with van der Waals surface area (Å²) >= 11 is 0. The van der Waals surface area contributed by atoms with Gasteiger partial charge in [0.15, 0.2) is 0 Å². The molecule has 1 atom stereocenters. The summed E-state index contributed by atoms with van der Waals surface area (Å²) in [4.78, 5) is 16.7. The molecule has 0 saturated carbocycles. The molecule has 0 fully saturated rings. The predicted molar refractivity (Wildman–Crippen MR) is 110 cm³/mol. The summed E-state index contributed by atoms with van der Waals surface area (Å²) in [5.41, 5.74) is 9.12. The van der Waals surface area contributed by atoms with Gasteiger partial charge in [-0.15, -0.1) is 24.8 Å². The van der Waals surface area contributed by atoms with Crippen molar-refractivity contribution in [3.63, 3.8) is 0 Å². The Morgan fingerprint density at radius 2 is 1.77 bits per heavy atom. The second-order valence-corrected chi connectivity index (χ2v) is 5.89. The monoisotopic (exact) mass is 394 g/mol. The lowest BCUT2D eigenvalue weighted by atomic mass is 10.1. The van der Waals surface area contributed by atoms with Gasteiger partial charge in [-0.1, -0.05) is 42.5 Å². The van der Waals surface area contributed by atoms with Crippen LogP contribution in [0.25, 0.3) is 11.0 Å². The van der Waals surface area contributed by atoms with Crippen molar-refractivity contribution in [2.24, 2.45) is 5.73 Å². The fourth-order valence-corrected chi connectivity index (χ4v) is 2.86. The molecular formula is C19H24Cl2N4O. The lowest BCUT2D eigenvalue weighted by molar-refractivity contribution is -0.122. The number of amides is 1. The molecule has 26 heavy (non-hydrogen) atoms. The van der Waals surface area contributed by atoms with Crippen molar-refractivity contribution in [1.82, 2.24) is 14.9 Å². The van der Waals surface area contributed by atoms with Gasteiger partial charge < -0.3 is 15.6 Å². The van der Waals surface area contributed by atoms with E-state index in [0.29, 0.717) is 19.5 Å². The normalized spacial score (nSPS) is 11.3. The molecule has 5 nitrogen and oxygen atoms in total. The summed E-state index contributed by atoms with van der Waals surface area (Å²) in [7, 11) is 0. The molecule has 0 aliphatic carbocycles. The SMILES string of the molecule is Cc1nc2ccccc2n1CCNC(=O)C(N)Cc1ccccc1.Cl.Cl. The highest BCUT2D eigenvalue weighted by molar-refractivity contribution is 5.85. The molecule has 1 amide bonds. The third kappa shape index (κ3) is 5.21. The van der Waals surface area contributed by atoms with Gasteiger partial charge in [0.2, 0.25) is 5.91 Å². The Hall–Kier alpha value is -2.08. The number of nitrogens with one attached hydrogen (secondary N) is 1. The zero-order chi connectivity index (χ0) is 16.9. The number of nitrogens with zero attached hydrogens (tertiary/aromatic N) is 2. The van der Waals surface area contributed by atoms with Crippen LogP contribution in [0.3, 0.4) is 0 Å². The number of hydrogen-bond donors (Lipinski definition) is 2. The molecule has 0 saturated heterocycles. The Bertz CT molecular complexity index is 836. The number of hydrogen-bond acceptors (Lipinski definition) is 3. The quantitative estimate of drug-likeness (QED) is 0.674. The van der Waals surface area contributed by atoms with Crippen LogP contribution < -0.4 is 11.1 Å². The number of aryl methyl sites for hydroxylation is 1. The summed E-state index contributed by atoms with van der Waals surface area (Å²) in [5.74, 6) is 0.819. The largest absolute Gasteiger partial charge is 0.353 e. The summed E-state index contributed by atoms with van der Waals surface area (Å²) in [6.45, 7) is 3.18. The molecule has 0 bridgehead atoms. The number of para-hydroxylation sites is 2. The number of imidazole rings is 1. The number of carbonyl (C=O) groups is 1. The Labute approximate surface area is 165 Å². The van der Waals surface area contributed by atoms with E-state index in [1.54, 1.807) is 0 Å². The zero-order valence-corrected chi connectivity index (χ0v) is 16.2. The second kappa shape index (κ2) is 10.2. The predicted octanol–water partition coefficient (Wildman–Crippen LogP) is 2.87. The highest BCUT2D eigenvalue weighted by atomic mass is 35.5. The fraction of sp³-hybridized carbons (Fsp3) is 0.263. The van der Waals surface area contributed by atoms with E-state index in [0.717, 1.165) is 22.4 Å². The van der Waals surface area contributed by atoms with E-state index < -0.39 is 6.04 Å². The van der Waals surface area contributed by atoms with E-state index in [2.05, 4.69) is 14.9 Å². The van der Waals surface area contributed by atoms with Gasteiger partial charge in [0.1, 0.15) is 5.82 Å². The first kappa shape index (κ1) is 22.0. The van der Waals surface area contributed by atoms with Gasteiger partial charge in [-0.05, 0) is 31.0 Å². The number of fused-ring (bicyclic) bond motifs is 1. The van der Waals surface area contributed by atoms with Crippen LogP contribution in [0.2, 0.25) is 0 Å². The van der Waals surface area contributed by atoms with Crippen molar-refractivity contribution in [2.45, 2.75) is 25.9 Å². The molecule has 2 aromatic carbocycles. The van der Waals surface area contributed by atoms with E-state index >= 15 is 0 Å². The standard InChI is InChI=1S/C19H22N4O.2ClH/c1-14-22-17-9-5-6-10-18(17)23(14)12-11-21-19(24)16(20)13-15-7-3-2-4-8-15;;/h2-10,16H,11-13,20H2,1H3,(H,21,24);2*1H. The number of benzene rings is 2. The minimum Gasteiger partial charge on any atom is -0.353 e. The van der Waals surface area contributed by atoms with Gasteiger partial charge in [0.05, 0.1) is 17.1 Å². The van der Waals surface area contributed by atoms with Gasteiger partial charge in [-0.2, -0.15) is 0 Å². The molecule has 0 aliphatic rings. The summed E-state index contributed by atoms with van der Waals surface area (Å²) in [6, 6.07) is 17.3. The first-order valence-electron chi connectivity index (χ1n) is 8.14. The first-order chi connectivity index (χ1) is 11.6. The highest BCUT2D eigenvalue weighted by Gasteiger charge is 2.14. The molecule has 1 unspecified atom stereocenters. The summed E-state index contributed by atoms with van der Waals surface area (Å²) < 4.78 is 2.11. The molecule has 7 heteroatoms. The van der Waals surface area contributed by atoms with Crippen molar-refractivity contribution in [1.29, 1.82) is 0 Å². The highest BCUT2D eigenvalue weighted by Crippen LogP contribution is 2.14. The molecule has 3 N–H and O–H groups in total. The number of halogens is 2. The fourth-order valence-electron chi connectivity index (χ4n) is 2.86. The average Bonchev–Trinajstić information content (AvgIpc) is 2.91. The van der Waals surface area contributed by atoms with E-state index in [9.17, 15) is 4.79 Å². The molecule has 3 rings (SSSR count). The minimum absolute atomic E-state index is 0. The van der Waals surface area contributed by atoms with Crippen LogP contribution in [0.15, 0.2) is 54.6 Å². The van der Waals surface area contributed by atoms with Crippen LogP contribution >= 0.6 is 24.8 Å². The van der Waals surface area contributed by atoms with Crippen LogP contribution in [0.1, 0.15) is 11.4 Å². The molecule has 3 aromatic rings. The number of carbonyl (C=O) groups excluding carboxylic acids is 1. The molecular weight excluding hydrogens is 371 g/mol. The van der Waals surface area contributed by atoms with Crippen molar-refractivity contribution < 1.29 is 4.79 Å². The van der Waals surface area contributed by atoms with Gasteiger partial charge in [-0.3, -0.25) is 4.79 Å². The third-order valence-corrected chi connectivity index (χ3v) is 4.12. The molecule has 140 valence electrons. The van der Waals surface area contributed by atoms with E-state index in [-0.39, 0.29) is 30.7 Å². The van der Waals surface area contributed by atoms with E-state index in [1.807, 2.05) is 61.5 Å². The van der Waals surface area contributed by atoms with Crippen LogP contribution in [0.5, 0.6) is 0 Å². The van der Waals surface area contributed by atoms with Crippen molar-refractivity contribution in [2.75, 3.05) is 6.54 Å². The Kier molecular flexibility index (Phi) is 8.58. The second-order valence-electron chi connectivity index (χ2n) is 5.89. The summed E-state index contributed by atoms with van der Waals surface area (Å²) in [5, 5.41) is 2.92. The zero-order valence-electron chi connectivity index (χ0n) is 14.6. The van der Waals surface area contributed by atoms with Crippen LogP contribution in [-0.2, 0) is 17.8 Å². The number of nitrogens with two attached hydrogens (primary N) is 1. The first-order valence-corrected chi connectivity index (χ1v) is 8.14. The van der Waals surface area contributed by atoms with Crippen molar-refractivity contribution in [3.05, 3.63) is 66.0 Å². The maximum absolute atomic E-state index is 12.2. The van der Waals surface area contributed by atoms with E-state index in [4.69, 9.17) is 5.73 Å². The summed E-state index contributed by atoms with van der Waals surface area (Å²) in [6.07, 6.45) is 0.541. The van der Waals surface area contributed by atoms with Gasteiger partial charge >= 0.3 is 0 Å². The minimum atomic E-state index is -0.534. The number of rotatable bonds is 6. The molecule has 1 heterocycles. The smallest absolute Gasteiger partial charge is 0.237 e. The Balaban J connectivity index is 0.00000169. The Morgan fingerprint density at radius 3 is 2.50 bits per heavy atom. The third-order valence-electron chi connectivity index (χ3n) is 4.12. The van der Waals surface area contributed by atoms with Gasteiger partial charge in [0, 0.05) is 13.1 Å². The lowest BCUT2D eigenvalue weighted by Gasteiger charge is -2.13. The van der Waals surface area contributed by atoms with Crippen molar-refractivity contribution >= 4 is 41.8 Å². The lowest BCUT2D eigenvalue weighted by Crippen LogP contribution is -2.43. The van der Waals surface area contributed by atoms with Crippen LogP contribution in [0, 0.1) is 6.92 Å². The van der Waals surface area contributed by atoms with Crippen LogP contribution in [-0.4, -0.2) is 28.0 Å². The Morgan fingerprint density at radius 1 is 1.12 bits per heavy atom. The van der Waals surface area contributed by atoms with Gasteiger partial charge in [0.25, 0.3) is 0 Å². The molecule has 0 aliphatic heterocycles.